The molecule has 0 heterocycles. The van der Waals surface area contributed by atoms with Gasteiger partial charge in [0, 0.05) is 21.4 Å². The van der Waals surface area contributed by atoms with E-state index in [-0.39, 0.29) is 16.9 Å². The van der Waals surface area contributed by atoms with Gasteiger partial charge in [0.25, 0.3) is 11.6 Å². The summed E-state index contributed by atoms with van der Waals surface area (Å²) in [6.07, 6.45) is 1.42. The molecular formula is C23H14Br2IN3O4. The molecule has 3 rings (SSSR count). The van der Waals surface area contributed by atoms with E-state index in [0.29, 0.717) is 26.9 Å². The Morgan fingerprint density at radius 1 is 1.15 bits per heavy atom. The molecule has 1 N–H and O–H groups in total. The number of anilines is 1. The van der Waals surface area contributed by atoms with Gasteiger partial charge in [0.2, 0.25) is 0 Å². The molecule has 3 aromatic carbocycles. The summed E-state index contributed by atoms with van der Waals surface area (Å²) in [5.74, 6) is -0.0884. The number of ether oxygens (including phenoxy) is 1. The van der Waals surface area contributed by atoms with Crippen molar-refractivity contribution >= 4 is 77.8 Å². The number of carbonyl (C=O) groups is 1. The third kappa shape index (κ3) is 6.86. The molecule has 0 unspecified atom stereocenters. The first-order valence-corrected chi connectivity index (χ1v) is 12.0. The molecule has 3 aromatic rings. The third-order valence-corrected chi connectivity index (χ3v) is 6.21. The second-order valence-electron chi connectivity index (χ2n) is 6.66. The van der Waals surface area contributed by atoms with E-state index in [0.717, 1.165) is 9.13 Å². The number of halogens is 3. The monoisotopic (exact) mass is 681 g/mol. The lowest BCUT2D eigenvalue weighted by Crippen LogP contribution is -2.13. The summed E-state index contributed by atoms with van der Waals surface area (Å²) in [4.78, 5) is 22.9. The van der Waals surface area contributed by atoms with Crippen molar-refractivity contribution in [2.75, 3.05) is 5.32 Å². The van der Waals surface area contributed by atoms with Gasteiger partial charge in [0.15, 0.2) is 0 Å². The van der Waals surface area contributed by atoms with Crippen LogP contribution in [0.5, 0.6) is 5.75 Å². The Morgan fingerprint density at radius 2 is 1.82 bits per heavy atom. The summed E-state index contributed by atoms with van der Waals surface area (Å²) in [5.41, 5.74) is 1.50. The van der Waals surface area contributed by atoms with Crippen molar-refractivity contribution in [1.29, 1.82) is 5.26 Å². The quantitative estimate of drug-likeness (QED) is 0.0965. The molecule has 166 valence electrons. The number of rotatable bonds is 7. The highest BCUT2D eigenvalue weighted by Gasteiger charge is 2.14. The van der Waals surface area contributed by atoms with Crippen LogP contribution < -0.4 is 10.1 Å². The maximum atomic E-state index is 12.5. The van der Waals surface area contributed by atoms with Crippen LogP contribution in [0.3, 0.4) is 0 Å². The molecule has 7 nitrogen and oxygen atoms in total. The first-order chi connectivity index (χ1) is 15.8. The first kappa shape index (κ1) is 24.9. The molecule has 0 bridgehead atoms. The van der Waals surface area contributed by atoms with Gasteiger partial charge >= 0.3 is 0 Å². The molecule has 0 spiro atoms. The molecule has 10 heteroatoms. The normalized spacial score (nSPS) is 10.9. The second-order valence-corrected chi connectivity index (χ2v) is 9.61. The van der Waals surface area contributed by atoms with E-state index in [9.17, 15) is 20.2 Å². The molecular weight excluding hydrogens is 669 g/mol. The van der Waals surface area contributed by atoms with Gasteiger partial charge in [-0.3, -0.25) is 14.9 Å². The molecule has 0 atom stereocenters. The van der Waals surface area contributed by atoms with Crippen LogP contribution in [0, 0.1) is 25.0 Å². The maximum absolute atomic E-state index is 12.5. The number of nitrogens with one attached hydrogen (secondary N) is 1. The average Bonchev–Trinajstić information content (AvgIpc) is 2.78. The highest BCUT2D eigenvalue weighted by Crippen LogP contribution is 2.36. The zero-order chi connectivity index (χ0) is 24.0. The van der Waals surface area contributed by atoms with E-state index in [2.05, 4.69) is 59.8 Å². The summed E-state index contributed by atoms with van der Waals surface area (Å²) in [5, 5.41) is 22.9. The molecule has 0 aliphatic rings. The van der Waals surface area contributed by atoms with Crippen molar-refractivity contribution in [3.05, 3.63) is 100.0 Å². The first-order valence-electron chi connectivity index (χ1n) is 9.30. The Morgan fingerprint density at radius 3 is 2.42 bits per heavy atom. The summed E-state index contributed by atoms with van der Waals surface area (Å²) in [7, 11) is 0. The summed E-state index contributed by atoms with van der Waals surface area (Å²) >= 11 is 9.19. The molecule has 0 aliphatic carbocycles. The summed E-state index contributed by atoms with van der Waals surface area (Å²) in [6, 6.07) is 18.8. The fraction of sp³-hybridized carbons (Fsp3) is 0.0435. The zero-order valence-electron chi connectivity index (χ0n) is 16.7. The topological polar surface area (TPSA) is 105 Å². The van der Waals surface area contributed by atoms with Crippen molar-refractivity contribution in [2.24, 2.45) is 0 Å². The molecule has 33 heavy (non-hydrogen) atoms. The lowest BCUT2D eigenvalue weighted by Gasteiger charge is -2.12. The second kappa shape index (κ2) is 11.4. The van der Waals surface area contributed by atoms with Gasteiger partial charge in [-0.1, -0.05) is 18.2 Å². The predicted octanol–water partition coefficient (Wildman–Crippen LogP) is 6.85. The molecule has 1 amide bonds. The van der Waals surface area contributed by atoms with E-state index < -0.39 is 10.8 Å². The largest absolute Gasteiger partial charge is 0.487 e. The fourth-order valence-electron chi connectivity index (χ4n) is 2.75. The number of non-ortho nitro benzene ring substituents is 1. The zero-order valence-corrected chi connectivity index (χ0v) is 22.0. The number of benzene rings is 3. The Bertz CT molecular complexity index is 1260. The van der Waals surface area contributed by atoms with E-state index >= 15 is 0 Å². The number of hydrogen-bond donors (Lipinski definition) is 1. The SMILES string of the molecule is N#C/C(=C\c1cc(Br)c(OCc2ccc(I)cc2)c(Br)c1)C(=O)Nc1cccc([N+](=O)[O-])c1. The van der Waals surface area contributed by atoms with Crippen LogP contribution in [-0.2, 0) is 11.4 Å². The van der Waals surface area contributed by atoms with Crippen molar-refractivity contribution in [1.82, 2.24) is 0 Å². The van der Waals surface area contributed by atoms with E-state index in [1.165, 1.54) is 30.3 Å². The minimum absolute atomic E-state index is 0.159. The van der Waals surface area contributed by atoms with Crippen molar-refractivity contribution < 1.29 is 14.5 Å². The van der Waals surface area contributed by atoms with Crippen LogP contribution in [0.4, 0.5) is 11.4 Å². The third-order valence-electron chi connectivity index (χ3n) is 4.31. The maximum Gasteiger partial charge on any atom is 0.271 e. The van der Waals surface area contributed by atoms with E-state index in [4.69, 9.17) is 4.74 Å². The van der Waals surface area contributed by atoms with Crippen LogP contribution >= 0.6 is 54.5 Å². The Labute approximate surface area is 220 Å². The van der Waals surface area contributed by atoms with Crippen LogP contribution in [0.25, 0.3) is 6.08 Å². The number of nitriles is 1. The van der Waals surface area contributed by atoms with E-state index in [1.54, 1.807) is 12.1 Å². The highest BCUT2D eigenvalue weighted by atomic mass is 127. The molecule has 0 fully saturated rings. The van der Waals surface area contributed by atoms with Crippen LogP contribution in [0.15, 0.2) is 75.2 Å². The van der Waals surface area contributed by atoms with E-state index in [1.807, 2.05) is 30.3 Å². The number of nitro benzene ring substituents is 1. The number of amides is 1. The molecule has 0 aromatic heterocycles. The van der Waals surface area contributed by atoms with Gasteiger partial charge in [0.1, 0.15) is 24.0 Å². The highest BCUT2D eigenvalue weighted by molar-refractivity contribution is 14.1. The van der Waals surface area contributed by atoms with Crippen LogP contribution in [0.2, 0.25) is 0 Å². The minimum Gasteiger partial charge on any atom is -0.487 e. The van der Waals surface area contributed by atoms with Crippen molar-refractivity contribution in [2.45, 2.75) is 6.61 Å². The average molecular weight is 683 g/mol. The Kier molecular flexibility index (Phi) is 8.60. The number of carbonyl (C=O) groups excluding carboxylic acids is 1. The van der Waals surface area contributed by atoms with Gasteiger partial charge in [0.05, 0.1) is 13.9 Å². The van der Waals surface area contributed by atoms with Gasteiger partial charge < -0.3 is 10.1 Å². The standard InChI is InChI=1S/C23H14Br2IN3O4/c24-20-9-15(10-21(25)22(20)33-13-14-4-6-17(26)7-5-14)8-16(12-27)23(30)28-18-2-1-3-19(11-18)29(31)32/h1-11H,13H2,(H,28,30)/b16-8+. The Hall–Kier alpha value is -2.75. The smallest absolute Gasteiger partial charge is 0.271 e. The number of nitro groups is 1. The number of nitrogens with zero attached hydrogens (tertiary/aromatic N) is 2. The Balaban J connectivity index is 1.77. The van der Waals surface area contributed by atoms with Gasteiger partial charge in [-0.2, -0.15) is 5.26 Å². The summed E-state index contributed by atoms with van der Waals surface area (Å²) in [6.45, 7) is 0.373. The predicted molar refractivity (Wildman–Crippen MR) is 141 cm³/mol. The molecule has 0 aliphatic heterocycles. The molecule has 0 radical (unpaired) electrons. The minimum atomic E-state index is -0.677. The van der Waals surface area contributed by atoms with Crippen molar-refractivity contribution in [3.8, 4) is 11.8 Å². The fourth-order valence-corrected chi connectivity index (χ4v) is 4.56. The van der Waals surface area contributed by atoms with Gasteiger partial charge in [-0.25, -0.2) is 0 Å². The molecule has 0 saturated carbocycles. The van der Waals surface area contributed by atoms with Gasteiger partial charge in [-0.15, -0.1) is 0 Å². The van der Waals surface area contributed by atoms with Crippen LogP contribution in [-0.4, -0.2) is 10.8 Å². The van der Waals surface area contributed by atoms with Gasteiger partial charge in [-0.05, 0) is 102 Å². The lowest BCUT2D eigenvalue weighted by atomic mass is 10.1. The summed E-state index contributed by atoms with van der Waals surface area (Å²) < 4.78 is 8.34. The molecule has 0 saturated heterocycles. The van der Waals surface area contributed by atoms with Crippen molar-refractivity contribution in [3.63, 3.8) is 0 Å². The lowest BCUT2D eigenvalue weighted by molar-refractivity contribution is -0.384. The number of hydrogen-bond acceptors (Lipinski definition) is 5. The van der Waals surface area contributed by atoms with Crippen LogP contribution in [0.1, 0.15) is 11.1 Å².